The molecule has 1 saturated heterocycles. The summed E-state index contributed by atoms with van der Waals surface area (Å²) < 4.78 is 5.23. The van der Waals surface area contributed by atoms with E-state index in [4.69, 9.17) is 16.1 Å². The minimum Gasteiger partial charge on any atom is -0.355 e. The lowest BCUT2D eigenvalue weighted by Gasteiger charge is -2.24. The Balaban J connectivity index is 1.25. The molecule has 0 spiro atoms. The topological polar surface area (TPSA) is 113 Å². The molecule has 1 aliphatic heterocycles. The first-order valence-corrected chi connectivity index (χ1v) is 10.7. The van der Waals surface area contributed by atoms with Gasteiger partial charge in [0, 0.05) is 42.0 Å². The highest BCUT2D eigenvalue weighted by Crippen LogP contribution is 2.22. The Morgan fingerprint density at radius 1 is 1.37 bits per heavy atom. The normalized spacial score (nSPS) is 13.9. The number of hydrogen-bond acceptors (Lipinski definition) is 7. The number of carbonyl (C=O) groups is 2. The molecule has 0 atom stereocenters. The van der Waals surface area contributed by atoms with Gasteiger partial charge in [0.05, 0.1) is 12.1 Å². The monoisotopic (exact) mass is 446 g/mol. The van der Waals surface area contributed by atoms with Gasteiger partial charge in [0.1, 0.15) is 0 Å². The average molecular weight is 447 g/mol. The molecule has 0 unspecified atom stereocenters. The molecule has 0 aliphatic carbocycles. The summed E-state index contributed by atoms with van der Waals surface area (Å²) >= 11 is 7.33. The van der Waals surface area contributed by atoms with E-state index in [2.05, 4.69) is 25.8 Å². The number of amides is 3. The summed E-state index contributed by atoms with van der Waals surface area (Å²) in [6.07, 6.45) is 1.43. The maximum absolute atomic E-state index is 12.2. The second-order valence-corrected chi connectivity index (χ2v) is 7.93. The third kappa shape index (κ3) is 4.95. The van der Waals surface area contributed by atoms with Crippen LogP contribution in [-0.2, 0) is 17.6 Å². The highest BCUT2D eigenvalue weighted by Gasteiger charge is 2.22. The van der Waals surface area contributed by atoms with E-state index in [-0.39, 0.29) is 18.4 Å². The maximum Gasteiger partial charge on any atom is 0.323 e. The van der Waals surface area contributed by atoms with Crippen molar-refractivity contribution in [3.8, 4) is 11.4 Å². The predicted molar refractivity (Wildman–Crippen MR) is 113 cm³/mol. The molecule has 0 bridgehead atoms. The van der Waals surface area contributed by atoms with Crippen LogP contribution < -0.4 is 15.5 Å². The van der Waals surface area contributed by atoms with Crippen LogP contribution in [0.2, 0.25) is 5.02 Å². The highest BCUT2D eigenvalue weighted by atomic mass is 35.5. The van der Waals surface area contributed by atoms with Gasteiger partial charge in [-0.1, -0.05) is 28.9 Å². The van der Waals surface area contributed by atoms with Crippen molar-refractivity contribution in [2.24, 2.45) is 0 Å². The summed E-state index contributed by atoms with van der Waals surface area (Å²) in [6, 6.07) is 7.04. The SMILES string of the molecule is O=C(Cc1csc(N2CCCNC2=O)n1)NCCc1nc(-c2cccc(Cl)c2)no1. The zero-order valence-corrected chi connectivity index (χ0v) is 17.5. The van der Waals surface area contributed by atoms with E-state index in [9.17, 15) is 9.59 Å². The molecular formula is C19H19ClN6O3S. The first-order valence-electron chi connectivity index (χ1n) is 9.43. The fourth-order valence-electron chi connectivity index (χ4n) is 2.95. The molecule has 1 fully saturated rings. The molecule has 156 valence electrons. The number of rotatable bonds is 7. The van der Waals surface area contributed by atoms with E-state index in [1.807, 2.05) is 12.1 Å². The smallest absolute Gasteiger partial charge is 0.323 e. The molecule has 0 saturated carbocycles. The quantitative estimate of drug-likeness (QED) is 0.576. The summed E-state index contributed by atoms with van der Waals surface area (Å²) in [5.74, 6) is 0.720. The van der Waals surface area contributed by atoms with Crippen molar-refractivity contribution in [1.29, 1.82) is 0 Å². The minimum absolute atomic E-state index is 0.142. The Bertz CT molecular complexity index is 1050. The number of urea groups is 1. The Morgan fingerprint density at radius 2 is 2.27 bits per heavy atom. The number of carbonyl (C=O) groups excluding carboxylic acids is 2. The van der Waals surface area contributed by atoms with Gasteiger partial charge in [0.2, 0.25) is 17.6 Å². The van der Waals surface area contributed by atoms with Crippen LogP contribution in [0.5, 0.6) is 0 Å². The van der Waals surface area contributed by atoms with Gasteiger partial charge in [-0.05, 0) is 18.6 Å². The molecule has 11 heteroatoms. The summed E-state index contributed by atoms with van der Waals surface area (Å²) in [5, 5.41) is 12.5. The third-order valence-electron chi connectivity index (χ3n) is 4.40. The molecular weight excluding hydrogens is 428 g/mol. The minimum atomic E-state index is -0.162. The van der Waals surface area contributed by atoms with Crippen LogP contribution in [-0.4, -0.2) is 46.7 Å². The lowest BCUT2D eigenvalue weighted by molar-refractivity contribution is -0.120. The number of nitrogens with one attached hydrogen (secondary N) is 2. The van der Waals surface area contributed by atoms with Gasteiger partial charge in [0.15, 0.2) is 5.13 Å². The van der Waals surface area contributed by atoms with Crippen molar-refractivity contribution in [3.63, 3.8) is 0 Å². The Hall–Kier alpha value is -2.98. The van der Waals surface area contributed by atoms with Crippen LogP contribution in [0.3, 0.4) is 0 Å². The van der Waals surface area contributed by atoms with Gasteiger partial charge in [-0.25, -0.2) is 9.78 Å². The van der Waals surface area contributed by atoms with E-state index in [0.29, 0.717) is 53.6 Å². The third-order valence-corrected chi connectivity index (χ3v) is 5.55. The average Bonchev–Trinajstić information content (AvgIpc) is 3.38. The number of aromatic nitrogens is 3. The summed E-state index contributed by atoms with van der Waals surface area (Å²) in [4.78, 5) is 34.4. The van der Waals surface area contributed by atoms with Crippen LogP contribution in [0.15, 0.2) is 34.2 Å². The number of hydrogen-bond donors (Lipinski definition) is 2. The summed E-state index contributed by atoms with van der Waals surface area (Å²) in [7, 11) is 0. The van der Waals surface area contributed by atoms with E-state index < -0.39 is 0 Å². The van der Waals surface area contributed by atoms with Crippen LogP contribution >= 0.6 is 22.9 Å². The number of halogens is 1. The molecule has 30 heavy (non-hydrogen) atoms. The second-order valence-electron chi connectivity index (χ2n) is 6.66. The van der Waals surface area contributed by atoms with E-state index in [1.165, 1.54) is 11.3 Å². The van der Waals surface area contributed by atoms with Crippen LogP contribution in [0.1, 0.15) is 18.0 Å². The molecule has 3 heterocycles. The number of thiazole rings is 1. The molecule has 2 aromatic heterocycles. The molecule has 9 nitrogen and oxygen atoms in total. The van der Waals surface area contributed by atoms with Crippen molar-refractivity contribution >= 4 is 40.0 Å². The van der Waals surface area contributed by atoms with E-state index >= 15 is 0 Å². The molecule has 2 N–H and O–H groups in total. The summed E-state index contributed by atoms with van der Waals surface area (Å²) in [5.41, 5.74) is 1.40. The summed E-state index contributed by atoms with van der Waals surface area (Å²) in [6.45, 7) is 1.67. The molecule has 3 aromatic rings. The Kier molecular flexibility index (Phi) is 6.24. The van der Waals surface area contributed by atoms with E-state index in [0.717, 1.165) is 12.0 Å². The van der Waals surface area contributed by atoms with Gasteiger partial charge in [-0.2, -0.15) is 4.98 Å². The largest absolute Gasteiger partial charge is 0.355 e. The molecule has 1 aliphatic rings. The van der Waals surface area contributed by atoms with Crippen molar-refractivity contribution in [3.05, 3.63) is 46.3 Å². The Morgan fingerprint density at radius 3 is 3.10 bits per heavy atom. The first-order chi connectivity index (χ1) is 14.6. The van der Waals surface area contributed by atoms with E-state index in [1.54, 1.807) is 22.4 Å². The first kappa shape index (κ1) is 20.3. The standard InChI is InChI=1S/C19H19ClN6O3S/c20-13-4-1-3-12(9-13)17-24-16(29-25-17)5-7-21-15(27)10-14-11-30-19(23-14)26-8-2-6-22-18(26)28/h1,3-4,9,11H,2,5-8,10H2,(H,21,27)(H,22,28). The van der Waals surface area contributed by atoms with Crippen molar-refractivity contribution in [2.45, 2.75) is 19.3 Å². The van der Waals surface area contributed by atoms with Crippen molar-refractivity contribution in [1.82, 2.24) is 25.8 Å². The van der Waals surface area contributed by atoms with Gasteiger partial charge in [-0.3, -0.25) is 9.69 Å². The van der Waals surface area contributed by atoms with Gasteiger partial charge in [0.25, 0.3) is 0 Å². The second kappa shape index (κ2) is 9.23. The lowest BCUT2D eigenvalue weighted by Crippen LogP contribution is -2.46. The lowest BCUT2D eigenvalue weighted by atomic mass is 10.2. The predicted octanol–water partition coefficient (Wildman–Crippen LogP) is 2.67. The van der Waals surface area contributed by atoms with Gasteiger partial charge in [-0.15, -0.1) is 11.3 Å². The maximum atomic E-state index is 12.2. The van der Waals surface area contributed by atoms with Gasteiger partial charge < -0.3 is 15.2 Å². The molecule has 3 amide bonds. The van der Waals surface area contributed by atoms with Crippen LogP contribution in [0.25, 0.3) is 11.4 Å². The fourth-order valence-corrected chi connectivity index (χ4v) is 3.99. The number of nitrogens with zero attached hydrogens (tertiary/aromatic N) is 4. The van der Waals surface area contributed by atoms with Crippen LogP contribution in [0.4, 0.5) is 9.93 Å². The molecule has 0 radical (unpaired) electrons. The number of anilines is 1. The van der Waals surface area contributed by atoms with Crippen molar-refractivity contribution < 1.29 is 14.1 Å². The molecule has 1 aromatic carbocycles. The molecule has 4 rings (SSSR count). The highest BCUT2D eigenvalue weighted by molar-refractivity contribution is 7.14. The zero-order chi connectivity index (χ0) is 20.9. The van der Waals surface area contributed by atoms with Gasteiger partial charge >= 0.3 is 6.03 Å². The number of benzene rings is 1. The zero-order valence-electron chi connectivity index (χ0n) is 15.9. The Labute approximate surface area is 181 Å². The van der Waals surface area contributed by atoms with Crippen molar-refractivity contribution in [2.75, 3.05) is 24.5 Å². The fraction of sp³-hybridized carbons (Fsp3) is 0.316. The van der Waals surface area contributed by atoms with Crippen LogP contribution in [0, 0.1) is 0 Å².